The van der Waals surface area contributed by atoms with Gasteiger partial charge in [0.25, 0.3) is 0 Å². The molecule has 0 aliphatic carbocycles. The Morgan fingerprint density at radius 2 is 2.00 bits per heavy atom. The predicted molar refractivity (Wildman–Crippen MR) is 35.7 cm³/mol. The summed E-state index contributed by atoms with van der Waals surface area (Å²) in [4.78, 5) is 10.3. The Kier molecular flexibility index (Phi) is 2.20. The molecular weight excluding hydrogens is 168 g/mol. The van der Waals surface area contributed by atoms with Crippen molar-refractivity contribution in [3.05, 3.63) is 11.5 Å². The van der Waals surface area contributed by atoms with Crippen LogP contribution in [0.5, 0.6) is 0 Å². The van der Waals surface area contributed by atoms with E-state index in [1.165, 1.54) is 0 Å². The number of aliphatic hydroxyl groups is 3. The Bertz CT molecular complexity index is 232. The van der Waals surface area contributed by atoms with E-state index in [0.29, 0.717) is 0 Å². The number of rotatable bonds is 1. The Morgan fingerprint density at radius 1 is 1.42 bits per heavy atom. The van der Waals surface area contributed by atoms with Crippen LogP contribution in [-0.2, 0) is 9.53 Å². The minimum atomic E-state index is -1.58. The molecule has 1 aliphatic rings. The van der Waals surface area contributed by atoms with Gasteiger partial charge < -0.3 is 25.2 Å². The van der Waals surface area contributed by atoms with E-state index >= 15 is 0 Å². The van der Waals surface area contributed by atoms with Gasteiger partial charge in [0.05, 0.1) is 6.61 Å². The van der Waals surface area contributed by atoms with Crippen molar-refractivity contribution in [1.82, 2.24) is 0 Å². The summed E-state index contributed by atoms with van der Waals surface area (Å²) in [6, 6.07) is 0. The molecule has 0 aromatic heterocycles. The zero-order valence-corrected chi connectivity index (χ0v) is 5.97. The minimum Gasteiger partial charge on any atom is -0.506 e. The second kappa shape index (κ2) is 3.00. The average Bonchev–Trinajstić information content (AvgIpc) is 2.00. The second-order valence-corrected chi connectivity index (χ2v) is 2.34. The number of hydrogen-bond donors (Lipinski definition) is 4. The highest BCUT2D eigenvalue weighted by Crippen LogP contribution is 2.17. The second-order valence-electron chi connectivity index (χ2n) is 2.34. The third kappa shape index (κ3) is 1.34. The molecule has 4 N–H and O–H groups in total. The molecule has 0 aromatic rings. The van der Waals surface area contributed by atoms with Gasteiger partial charge >= 0.3 is 5.97 Å². The molecule has 2 atom stereocenters. The molecule has 6 heteroatoms. The summed E-state index contributed by atoms with van der Waals surface area (Å²) in [6.45, 7) is -0.340. The quantitative estimate of drug-likeness (QED) is 0.415. The molecule has 0 aromatic carbocycles. The highest BCUT2D eigenvalue weighted by atomic mass is 16.5. The van der Waals surface area contributed by atoms with Crippen LogP contribution in [0.15, 0.2) is 11.5 Å². The van der Waals surface area contributed by atoms with E-state index < -0.39 is 29.7 Å². The molecule has 1 rings (SSSR count). The van der Waals surface area contributed by atoms with E-state index in [4.69, 9.17) is 20.4 Å². The van der Waals surface area contributed by atoms with Crippen LogP contribution in [0.3, 0.4) is 0 Å². The number of carboxylic acid groups (broad SMARTS) is 1. The van der Waals surface area contributed by atoms with Crippen molar-refractivity contribution >= 4 is 5.97 Å². The number of aliphatic carboxylic acids is 1. The molecule has 1 aliphatic heterocycles. The first-order chi connectivity index (χ1) is 5.54. The van der Waals surface area contributed by atoms with Gasteiger partial charge in [-0.1, -0.05) is 0 Å². The molecule has 0 fully saturated rings. The highest BCUT2D eigenvalue weighted by Gasteiger charge is 2.34. The van der Waals surface area contributed by atoms with Gasteiger partial charge in [-0.25, -0.2) is 4.79 Å². The van der Waals surface area contributed by atoms with Crippen molar-refractivity contribution in [2.45, 2.75) is 12.2 Å². The van der Waals surface area contributed by atoms with Gasteiger partial charge in [-0.2, -0.15) is 0 Å². The van der Waals surface area contributed by atoms with E-state index in [2.05, 4.69) is 4.74 Å². The molecule has 6 nitrogen and oxygen atoms in total. The average molecular weight is 176 g/mol. The first-order valence-corrected chi connectivity index (χ1v) is 3.18. The van der Waals surface area contributed by atoms with Crippen molar-refractivity contribution in [2.24, 2.45) is 0 Å². The van der Waals surface area contributed by atoms with Crippen LogP contribution in [0, 0.1) is 0 Å². The number of carboxylic acids is 1. The molecule has 0 amide bonds. The molecule has 0 spiro atoms. The monoisotopic (exact) mass is 176 g/mol. The fraction of sp³-hybridized carbons (Fsp3) is 0.500. The summed E-state index contributed by atoms with van der Waals surface area (Å²) in [5.74, 6) is -3.00. The fourth-order valence-electron chi connectivity index (χ4n) is 0.839. The number of hydrogen-bond acceptors (Lipinski definition) is 5. The molecule has 0 bridgehead atoms. The lowest BCUT2D eigenvalue weighted by Crippen LogP contribution is -2.37. The van der Waals surface area contributed by atoms with E-state index in [1.807, 2.05) is 0 Å². The van der Waals surface area contributed by atoms with Crippen molar-refractivity contribution < 1.29 is 30.0 Å². The molecule has 0 radical (unpaired) electrons. The maximum absolute atomic E-state index is 10.3. The third-order valence-corrected chi connectivity index (χ3v) is 1.47. The Hall–Kier alpha value is -1.27. The van der Waals surface area contributed by atoms with Gasteiger partial charge in [0.1, 0.15) is 6.10 Å². The van der Waals surface area contributed by atoms with Crippen LogP contribution >= 0.6 is 0 Å². The van der Waals surface area contributed by atoms with Crippen molar-refractivity contribution in [3.63, 3.8) is 0 Å². The molecule has 1 heterocycles. The smallest absolute Gasteiger partial charge is 0.340 e. The predicted octanol–water partition coefficient (Wildman–Crippen LogP) is -0.842. The Morgan fingerprint density at radius 3 is 2.50 bits per heavy atom. The lowest BCUT2D eigenvalue weighted by molar-refractivity contribution is -0.154. The zero-order valence-electron chi connectivity index (χ0n) is 5.97. The van der Waals surface area contributed by atoms with E-state index in [0.717, 1.165) is 0 Å². The van der Waals surface area contributed by atoms with Crippen molar-refractivity contribution in [3.8, 4) is 0 Å². The summed E-state index contributed by atoms with van der Waals surface area (Å²) >= 11 is 0. The van der Waals surface area contributed by atoms with Crippen LogP contribution in [0.2, 0.25) is 0 Å². The van der Waals surface area contributed by atoms with Crippen molar-refractivity contribution in [2.75, 3.05) is 6.61 Å². The first-order valence-electron chi connectivity index (χ1n) is 3.18. The molecule has 12 heavy (non-hydrogen) atoms. The molecular formula is C6H8O6. The maximum atomic E-state index is 10.3. The van der Waals surface area contributed by atoms with Gasteiger partial charge in [0.15, 0.2) is 11.5 Å². The van der Waals surface area contributed by atoms with Crippen LogP contribution in [-0.4, -0.2) is 45.2 Å². The summed E-state index contributed by atoms with van der Waals surface area (Å²) in [7, 11) is 0. The zero-order chi connectivity index (χ0) is 9.30. The largest absolute Gasteiger partial charge is 0.506 e. The molecule has 0 saturated heterocycles. The van der Waals surface area contributed by atoms with Crippen molar-refractivity contribution in [1.29, 1.82) is 0 Å². The maximum Gasteiger partial charge on any atom is 0.340 e. The van der Waals surface area contributed by atoms with Gasteiger partial charge in [0.2, 0.25) is 6.10 Å². The normalized spacial score (nSPS) is 30.4. The summed E-state index contributed by atoms with van der Waals surface area (Å²) < 4.78 is 4.52. The Balaban J connectivity index is 2.90. The van der Waals surface area contributed by atoms with Gasteiger partial charge in [0, 0.05) is 0 Å². The summed E-state index contributed by atoms with van der Waals surface area (Å²) in [6.07, 6.45) is -2.92. The Labute approximate surface area is 67.3 Å². The third-order valence-electron chi connectivity index (χ3n) is 1.47. The summed E-state index contributed by atoms with van der Waals surface area (Å²) in [5, 5.41) is 35.1. The van der Waals surface area contributed by atoms with Crippen LogP contribution in [0.4, 0.5) is 0 Å². The fourth-order valence-corrected chi connectivity index (χ4v) is 0.839. The number of aliphatic hydroxyl groups excluding tert-OH is 3. The highest BCUT2D eigenvalue weighted by molar-refractivity contribution is 5.75. The van der Waals surface area contributed by atoms with Crippen LogP contribution in [0.1, 0.15) is 0 Å². The van der Waals surface area contributed by atoms with Gasteiger partial charge in [-0.15, -0.1) is 0 Å². The summed E-state index contributed by atoms with van der Waals surface area (Å²) in [5.41, 5.74) is 0. The lowest BCUT2D eigenvalue weighted by Gasteiger charge is -2.22. The molecule has 0 saturated carbocycles. The first kappa shape index (κ1) is 8.82. The number of carbonyl (C=O) groups is 1. The molecule has 68 valence electrons. The van der Waals surface area contributed by atoms with Gasteiger partial charge in [-0.3, -0.25) is 0 Å². The lowest BCUT2D eigenvalue weighted by atomic mass is 10.1. The van der Waals surface area contributed by atoms with Crippen LogP contribution in [0.25, 0.3) is 0 Å². The van der Waals surface area contributed by atoms with E-state index in [9.17, 15) is 4.79 Å². The standard InChI is InChI=1S/C6H8O6/c7-2-1-12-5(6(10)11)4(9)3(2)8/h2,5,7-9H,1H2,(H,10,11). The van der Waals surface area contributed by atoms with E-state index in [1.54, 1.807) is 0 Å². The van der Waals surface area contributed by atoms with Crippen LogP contribution < -0.4 is 0 Å². The van der Waals surface area contributed by atoms with Gasteiger partial charge in [-0.05, 0) is 0 Å². The SMILES string of the molecule is O=C(O)C1OCC(O)C(O)=C1O. The van der Waals surface area contributed by atoms with E-state index in [-0.39, 0.29) is 6.61 Å². The topological polar surface area (TPSA) is 107 Å². The molecule has 2 unspecified atom stereocenters. The minimum absolute atomic E-state index is 0.340. The number of ether oxygens (including phenoxy) is 1.